The monoisotopic (exact) mass is 292 g/mol. The van der Waals surface area contributed by atoms with Gasteiger partial charge in [0.15, 0.2) is 0 Å². The van der Waals surface area contributed by atoms with Crippen LogP contribution >= 0.6 is 0 Å². The van der Waals surface area contributed by atoms with Gasteiger partial charge in [0, 0.05) is 31.1 Å². The number of amides is 2. The molecule has 6 heteroatoms. The van der Waals surface area contributed by atoms with Gasteiger partial charge in [0.25, 0.3) is 5.91 Å². The molecule has 2 amide bonds. The average Bonchev–Trinajstić information content (AvgIpc) is 2.43. The molecule has 0 aliphatic rings. The molecule has 0 saturated carbocycles. The SMILES string of the molecule is CCOC(=O)CCCNC(=O)c1cccc(NC(C)=O)c1. The van der Waals surface area contributed by atoms with E-state index in [1.54, 1.807) is 31.2 Å². The number of rotatable bonds is 7. The lowest BCUT2D eigenvalue weighted by Crippen LogP contribution is -2.25. The smallest absolute Gasteiger partial charge is 0.305 e. The van der Waals surface area contributed by atoms with E-state index in [0.717, 1.165) is 0 Å². The lowest BCUT2D eigenvalue weighted by atomic mass is 10.2. The van der Waals surface area contributed by atoms with Crippen molar-refractivity contribution in [2.24, 2.45) is 0 Å². The van der Waals surface area contributed by atoms with Gasteiger partial charge in [-0.05, 0) is 31.5 Å². The predicted molar refractivity (Wildman–Crippen MR) is 78.9 cm³/mol. The molecule has 0 aliphatic heterocycles. The second kappa shape index (κ2) is 8.73. The minimum Gasteiger partial charge on any atom is -0.466 e. The van der Waals surface area contributed by atoms with E-state index in [4.69, 9.17) is 4.74 Å². The summed E-state index contributed by atoms with van der Waals surface area (Å²) in [6, 6.07) is 6.66. The van der Waals surface area contributed by atoms with Crippen LogP contribution in [0.2, 0.25) is 0 Å². The van der Waals surface area contributed by atoms with Gasteiger partial charge in [-0.2, -0.15) is 0 Å². The second-order valence-electron chi connectivity index (χ2n) is 4.43. The molecule has 0 atom stereocenters. The first-order chi connectivity index (χ1) is 10.0. The molecule has 6 nitrogen and oxygen atoms in total. The van der Waals surface area contributed by atoms with E-state index >= 15 is 0 Å². The maximum absolute atomic E-state index is 11.9. The summed E-state index contributed by atoms with van der Waals surface area (Å²) in [7, 11) is 0. The zero-order chi connectivity index (χ0) is 15.7. The van der Waals surface area contributed by atoms with Crippen LogP contribution in [0.15, 0.2) is 24.3 Å². The fraction of sp³-hybridized carbons (Fsp3) is 0.400. The average molecular weight is 292 g/mol. The molecule has 0 aromatic heterocycles. The number of hydrogen-bond acceptors (Lipinski definition) is 4. The number of benzene rings is 1. The Morgan fingerprint density at radius 3 is 2.67 bits per heavy atom. The van der Waals surface area contributed by atoms with Crippen molar-refractivity contribution in [1.29, 1.82) is 0 Å². The van der Waals surface area contributed by atoms with E-state index < -0.39 is 0 Å². The molecule has 1 aromatic rings. The predicted octanol–water partition coefficient (Wildman–Crippen LogP) is 1.72. The zero-order valence-corrected chi connectivity index (χ0v) is 12.3. The second-order valence-corrected chi connectivity index (χ2v) is 4.43. The lowest BCUT2D eigenvalue weighted by molar-refractivity contribution is -0.143. The quantitative estimate of drug-likeness (QED) is 0.592. The van der Waals surface area contributed by atoms with Crippen molar-refractivity contribution in [3.8, 4) is 0 Å². The van der Waals surface area contributed by atoms with Gasteiger partial charge in [0.2, 0.25) is 5.91 Å². The number of carbonyl (C=O) groups excluding carboxylic acids is 3. The largest absolute Gasteiger partial charge is 0.466 e. The zero-order valence-electron chi connectivity index (χ0n) is 12.3. The third-order valence-corrected chi connectivity index (χ3v) is 2.59. The summed E-state index contributed by atoms with van der Waals surface area (Å²) >= 11 is 0. The highest BCUT2D eigenvalue weighted by Gasteiger charge is 2.07. The van der Waals surface area contributed by atoms with Gasteiger partial charge in [-0.25, -0.2) is 0 Å². The van der Waals surface area contributed by atoms with Crippen molar-refractivity contribution in [3.63, 3.8) is 0 Å². The molecule has 0 bridgehead atoms. The van der Waals surface area contributed by atoms with Crippen molar-refractivity contribution < 1.29 is 19.1 Å². The third-order valence-electron chi connectivity index (χ3n) is 2.59. The van der Waals surface area contributed by atoms with Crippen LogP contribution in [0.1, 0.15) is 37.0 Å². The fourth-order valence-electron chi connectivity index (χ4n) is 1.71. The van der Waals surface area contributed by atoms with E-state index in [0.29, 0.717) is 30.8 Å². The van der Waals surface area contributed by atoms with E-state index in [1.807, 2.05) is 0 Å². The van der Waals surface area contributed by atoms with Crippen LogP contribution in [0.25, 0.3) is 0 Å². The van der Waals surface area contributed by atoms with Crippen LogP contribution in [0.3, 0.4) is 0 Å². The molecule has 0 unspecified atom stereocenters. The van der Waals surface area contributed by atoms with Crippen molar-refractivity contribution in [2.75, 3.05) is 18.5 Å². The van der Waals surface area contributed by atoms with E-state index in [2.05, 4.69) is 10.6 Å². The maximum Gasteiger partial charge on any atom is 0.305 e. The Morgan fingerprint density at radius 1 is 1.24 bits per heavy atom. The van der Waals surface area contributed by atoms with Crippen LogP contribution in [0, 0.1) is 0 Å². The third kappa shape index (κ3) is 6.56. The summed E-state index contributed by atoms with van der Waals surface area (Å²) in [5.74, 6) is -0.701. The van der Waals surface area contributed by atoms with Crippen molar-refractivity contribution >= 4 is 23.5 Å². The Labute approximate surface area is 123 Å². The highest BCUT2D eigenvalue weighted by atomic mass is 16.5. The van der Waals surface area contributed by atoms with E-state index in [9.17, 15) is 14.4 Å². The minimum absolute atomic E-state index is 0.193. The van der Waals surface area contributed by atoms with E-state index in [1.165, 1.54) is 6.92 Å². The van der Waals surface area contributed by atoms with Crippen LogP contribution in [-0.4, -0.2) is 30.9 Å². The molecule has 21 heavy (non-hydrogen) atoms. The number of anilines is 1. The number of hydrogen-bond donors (Lipinski definition) is 2. The van der Waals surface area contributed by atoms with Crippen molar-refractivity contribution in [1.82, 2.24) is 5.32 Å². The molecule has 2 N–H and O–H groups in total. The number of esters is 1. The maximum atomic E-state index is 11.9. The normalized spacial score (nSPS) is 9.81. The molecular weight excluding hydrogens is 272 g/mol. The molecule has 1 aromatic carbocycles. The first-order valence-electron chi connectivity index (χ1n) is 6.84. The topological polar surface area (TPSA) is 84.5 Å². The molecule has 0 fully saturated rings. The Kier molecular flexibility index (Phi) is 6.94. The van der Waals surface area contributed by atoms with Crippen molar-refractivity contribution in [2.45, 2.75) is 26.7 Å². The summed E-state index contributed by atoms with van der Waals surface area (Å²) < 4.78 is 4.79. The Balaban J connectivity index is 2.41. The lowest BCUT2D eigenvalue weighted by Gasteiger charge is -2.07. The van der Waals surface area contributed by atoms with Gasteiger partial charge in [-0.3, -0.25) is 14.4 Å². The van der Waals surface area contributed by atoms with Gasteiger partial charge < -0.3 is 15.4 Å². The van der Waals surface area contributed by atoms with Crippen LogP contribution < -0.4 is 10.6 Å². The van der Waals surface area contributed by atoms with Crippen LogP contribution in [0.5, 0.6) is 0 Å². The standard InChI is InChI=1S/C15H20N2O4/c1-3-21-14(19)8-5-9-16-15(20)12-6-4-7-13(10-12)17-11(2)18/h4,6-7,10H,3,5,8-9H2,1-2H3,(H,16,20)(H,17,18). The molecule has 0 aliphatic carbocycles. The van der Waals surface area contributed by atoms with Crippen molar-refractivity contribution in [3.05, 3.63) is 29.8 Å². The summed E-state index contributed by atoms with van der Waals surface area (Å²) in [5, 5.41) is 5.33. The van der Waals surface area contributed by atoms with Gasteiger partial charge in [-0.15, -0.1) is 0 Å². The first-order valence-corrected chi connectivity index (χ1v) is 6.84. The molecular formula is C15H20N2O4. The summed E-state index contributed by atoms with van der Waals surface area (Å²) in [6.07, 6.45) is 0.802. The Hall–Kier alpha value is -2.37. The molecule has 0 radical (unpaired) electrons. The van der Waals surface area contributed by atoms with Gasteiger partial charge in [0.05, 0.1) is 6.61 Å². The van der Waals surface area contributed by atoms with Crippen LogP contribution in [0.4, 0.5) is 5.69 Å². The summed E-state index contributed by atoms with van der Waals surface area (Å²) in [6.45, 7) is 3.91. The number of carbonyl (C=O) groups is 3. The molecule has 0 spiro atoms. The Morgan fingerprint density at radius 2 is 2.00 bits per heavy atom. The Bertz CT molecular complexity index is 514. The highest BCUT2D eigenvalue weighted by molar-refractivity contribution is 5.96. The van der Waals surface area contributed by atoms with Gasteiger partial charge in [0.1, 0.15) is 0 Å². The molecule has 0 heterocycles. The molecule has 114 valence electrons. The first kappa shape index (κ1) is 16.7. The fourth-order valence-corrected chi connectivity index (χ4v) is 1.71. The minimum atomic E-state index is -0.264. The van der Waals surface area contributed by atoms with E-state index in [-0.39, 0.29) is 24.2 Å². The molecule has 0 saturated heterocycles. The summed E-state index contributed by atoms with van der Waals surface area (Å²) in [4.78, 5) is 34.0. The highest BCUT2D eigenvalue weighted by Crippen LogP contribution is 2.10. The van der Waals surface area contributed by atoms with Crippen LogP contribution in [-0.2, 0) is 14.3 Å². The van der Waals surface area contributed by atoms with Gasteiger partial charge >= 0.3 is 5.97 Å². The number of nitrogens with one attached hydrogen (secondary N) is 2. The summed E-state index contributed by atoms with van der Waals surface area (Å²) in [5.41, 5.74) is 1.03. The van der Waals surface area contributed by atoms with Gasteiger partial charge in [-0.1, -0.05) is 6.07 Å². The molecule has 1 rings (SSSR count). The number of ether oxygens (including phenoxy) is 1.